The molecule has 0 spiro atoms. The van der Waals surface area contributed by atoms with Crippen LogP contribution in [0.1, 0.15) is 23.4 Å². The summed E-state index contributed by atoms with van der Waals surface area (Å²) < 4.78 is 1.83. The maximum Gasteiger partial charge on any atom is 0.224 e. The van der Waals surface area contributed by atoms with Crippen molar-refractivity contribution >= 4 is 34.8 Å². The molecule has 1 N–H and O–H groups in total. The van der Waals surface area contributed by atoms with Gasteiger partial charge in [-0.3, -0.25) is 9.48 Å². The number of hydrogen-bond donors (Lipinski definition) is 1. The van der Waals surface area contributed by atoms with Gasteiger partial charge in [0.15, 0.2) is 0 Å². The van der Waals surface area contributed by atoms with Crippen LogP contribution in [0.25, 0.3) is 0 Å². The molecule has 0 unspecified atom stereocenters. The highest BCUT2D eigenvalue weighted by Gasteiger charge is 2.11. The molecule has 0 saturated heterocycles. The number of anilines is 1. The van der Waals surface area contributed by atoms with Crippen LogP contribution in [-0.4, -0.2) is 15.7 Å². The van der Waals surface area contributed by atoms with Gasteiger partial charge in [-0.1, -0.05) is 23.2 Å². The summed E-state index contributed by atoms with van der Waals surface area (Å²) in [7, 11) is 1.90. The summed E-state index contributed by atoms with van der Waals surface area (Å²) >= 11 is 11.8. The molecular formula is C15H17Cl2N3O. The lowest BCUT2D eigenvalue weighted by atomic mass is 10.1. The average molecular weight is 326 g/mol. The lowest BCUT2D eigenvalue weighted by Crippen LogP contribution is -2.12. The number of carbonyl (C=O) groups excluding carboxylic acids is 1. The molecule has 0 radical (unpaired) electrons. The quantitative estimate of drug-likeness (QED) is 0.926. The third-order valence-electron chi connectivity index (χ3n) is 3.46. The van der Waals surface area contributed by atoms with Gasteiger partial charge in [-0.15, -0.1) is 0 Å². The number of aryl methyl sites for hydroxylation is 2. The van der Waals surface area contributed by atoms with E-state index in [4.69, 9.17) is 23.2 Å². The lowest BCUT2D eigenvalue weighted by molar-refractivity contribution is -0.116. The monoisotopic (exact) mass is 325 g/mol. The summed E-state index contributed by atoms with van der Waals surface area (Å²) in [6, 6.07) is 5.03. The van der Waals surface area contributed by atoms with Gasteiger partial charge in [-0.05, 0) is 44.0 Å². The number of amides is 1. The van der Waals surface area contributed by atoms with Crippen molar-refractivity contribution in [2.45, 2.75) is 26.7 Å². The summed E-state index contributed by atoms with van der Waals surface area (Å²) in [4.78, 5) is 12.0. The van der Waals surface area contributed by atoms with Crippen molar-refractivity contribution in [1.29, 1.82) is 0 Å². The molecule has 6 heteroatoms. The van der Waals surface area contributed by atoms with E-state index >= 15 is 0 Å². The predicted octanol–water partition coefficient (Wildman–Crippen LogP) is 3.92. The van der Waals surface area contributed by atoms with E-state index in [1.807, 2.05) is 25.6 Å². The maximum atomic E-state index is 12.0. The molecule has 2 rings (SSSR count). The van der Waals surface area contributed by atoms with Crippen molar-refractivity contribution < 1.29 is 4.79 Å². The number of benzene rings is 1. The minimum atomic E-state index is -0.0592. The number of aromatic nitrogens is 2. The van der Waals surface area contributed by atoms with Crippen molar-refractivity contribution in [2.24, 2.45) is 7.05 Å². The fourth-order valence-electron chi connectivity index (χ4n) is 2.22. The second-order valence-corrected chi connectivity index (χ2v) is 5.76. The van der Waals surface area contributed by atoms with E-state index in [2.05, 4.69) is 10.4 Å². The zero-order valence-electron chi connectivity index (χ0n) is 12.2. The molecule has 0 bridgehead atoms. The Morgan fingerprint density at radius 2 is 2.00 bits per heavy atom. The first kappa shape index (κ1) is 15.9. The zero-order valence-corrected chi connectivity index (χ0v) is 13.7. The maximum absolute atomic E-state index is 12.0. The molecule has 0 fully saturated rings. The summed E-state index contributed by atoms with van der Waals surface area (Å²) in [5.41, 5.74) is 3.84. The molecule has 1 aromatic heterocycles. The van der Waals surface area contributed by atoms with E-state index in [1.54, 1.807) is 18.2 Å². The zero-order chi connectivity index (χ0) is 15.6. The topological polar surface area (TPSA) is 46.9 Å². The first-order valence-electron chi connectivity index (χ1n) is 6.62. The van der Waals surface area contributed by atoms with Crippen molar-refractivity contribution in [3.8, 4) is 0 Å². The van der Waals surface area contributed by atoms with E-state index in [1.165, 1.54) is 0 Å². The molecule has 0 aliphatic heterocycles. The Morgan fingerprint density at radius 3 is 2.57 bits per heavy atom. The number of nitrogens with one attached hydrogen (secondary N) is 1. The molecule has 0 saturated carbocycles. The molecule has 1 amide bonds. The number of halogens is 2. The Balaban J connectivity index is 1.97. The largest absolute Gasteiger partial charge is 0.326 e. The van der Waals surface area contributed by atoms with E-state index in [0.29, 0.717) is 28.6 Å². The number of carbonyl (C=O) groups is 1. The third-order valence-corrected chi connectivity index (χ3v) is 4.20. The molecule has 112 valence electrons. The first-order chi connectivity index (χ1) is 9.88. The van der Waals surface area contributed by atoms with Gasteiger partial charge in [0.05, 0.1) is 15.7 Å². The van der Waals surface area contributed by atoms with E-state index in [-0.39, 0.29) is 5.91 Å². The Morgan fingerprint density at radius 1 is 1.29 bits per heavy atom. The van der Waals surface area contributed by atoms with Gasteiger partial charge in [-0.25, -0.2) is 0 Å². The molecule has 0 aliphatic rings. The van der Waals surface area contributed by atoms with Crippen molar-refractivity contribution in [2.75, 3.05) is 5.32 Å². The molecule has 0 atom stereocenters. The second-order valence-electron chi connectivity index (χ2n) is 4.95. The van der Waals surface area contributed by atoms with Crippen LogP contribution in [0.15, 0.2) is 18.2 Å². The molecule has 0 aliphatic carbocycles. The van der Waals surface area contributed by atoms with Crippen LogP contribution >= 0.6 is 23.2 Å². The van der Waals surface area contributed by atoms with Crippen LogP contribution in [0.2, 0.25) is 10.0 Å². The number of rotatable bonds is 4. The summed E-state index contributed by atoms with van der Waals surface area (Å²) in [6.07, 6.45) is 1.06. The minimum Gasteiger partial charge on any atom is -0.326 e. The Kier molecular flexibility index (Phi) is 4.91. The van der Waals surface area contributed by atoms with Gasteiger partial charge in [0.25, 0.3) is 0 Å². The van der Waals surface area contributed by atoms with Gasteiger partial charge in [-0.2, -0.15) is 5.10 Å². The van der Waals surface area contributed by atoms with Crippen LogP contribution in [0.4, 0.5) is 5.69 Å². The Labute approximate surface area is 134 Å². The minimum absolute atomic E-state index is 0.0592. The highest BCUT2D eigenvalue weighted by molar-refractivity contribution is 6.42. The standard InChI is InChI=1S/C15H17Cl2N3O/c1-9-12(10(2)20(3)19-9)5-7-15(21)18-11-4-6-13(16)14(17)8-11/h4,6,8H,5,7H2,1-3H3,(H,18,21). The summed E-state index contributed by atoms with van der Waals surface area (Å²) in [5.74, 6) is -0.0592. The van der Waals surface area contributed by atoms with Crippen LogP contribution in [0.5, 0.6) is 0 Å². The molecule has 4 nitrogen and oxygen atoms in total. The SMILES string of the molecule is Cc1nn(C)c(C)c1CCC(=O)Nc1ccc(Cl)c(Cl)c1. The van der Waals surface area contributed by atoms with Gasteiger partial charge in [0, 0.05) is 24.8 Å². The fourth-order valence-corrected chi connectivity index (χ4v) is 2.51. The van der Waals surface area contributed by atoms with Gasteiger partial charge < -0.3 is 5.32 Å². The van der Waals surface area contributed by atoms with Crippen LogP contribution in [-0.2, 0) is 18.3 Å². The molecule has 1 aromatic carbocycles. The van der Waals surface area contributed by atoms with Crippen LogP contribution in [0.3, 0.4) is 0 Å². The van der Waals surface area contributed by atoms with E-state index in [0.717, 1.165) is 17.0 Å². The smallest absolute Gasteiger partial charge is 0.224 e. The highest BCUT2D eigenvalue weighted by Crippen LogP contribution is 2.25. The summed E-state index contributed by atoms with van der Waals surface area (Å²) in [6.45, 7) is 3.96. The van der Waals surface area contributed by atoms with Crippen molar-refractivity contribution in [3.63, 3.8) is 0 Å². The van der Waals surface area contributed by atoms with E-state index in [9.17, 15) is 4.79 Å². The van der Waals surface area contributed by atoms with Crippen LogP contribution in [0, 0.1) is 13.8 Å². The third kappa shape index (κ3) is 3.77. The normalized spacial score (nSPS) is 10.7. The lowest BCUT2D eigenvalue weighted by Gasteiger charge is -2.07. The van der Waals surface area contributed by atoms with Gasteiger partial charge in [0.1, 0.15) is 0 Å². The average Bonchev–Trinajstić information content (AvgIpc) is 2.66. The second kappa shape index (κ2) is 6.50. The fraction of sp³-hybridized carbons (Fsp3) is 0.333. The molecule has 2 aromatic rings. The van der Waals surface area contributed by atoms with Crippen LogP contribution < -0.4 is 5.32 Å². The molecular weight excluding hydrogens is 309 g/mol. The molecule has 1 heterocycles. The highest BCUT2D eigenvalue weighted by atomic mass is 35.5. The van der Waals surface area contributed by atoms with Gasteiger partial charge >= 0.3 is 0 Å². The van der Waals surface area contributed by atoms with E-state index < -0.39 is 0 Å². The van der Waals surface area contributed by atoms with Crippen molar-refractivity contribution in [3.05, 3.63) is 45.2 Å². The first-order valence-corrected chi connectivity index (χ1v) is 7.38. The van der Waals surface area contributed by atoms with Crippen molar-refractivity contribution in [1.82, 2.24) is 9.78 Å². The molecule has 21 heavy (non-hydrogen) atoms. The Hall–Kier alpha value is -1.52. The van der Waals surface area contributed by atoms with Gasteiger partial charge in [0.2, 0.25) is 5.91 Å². The number of nitrogens with zero attached hydrogens (tertiary/aromatic N) is 2. The number of hydrogen-bond acceptors (Lipinski definition) is 2. The predicted molar refractivity (Wildman–Crippen MR) is 86.1 cm³/mol. The Bertz CT molecular complexity index is 680. The summed E-state index contributed by atoms with van der Waals surface area (Å²) in [5, 5.41) is 8.06.